The smallest absolute Gasteiger partial charge is 0.203 e. The average molecular weight is 437 g/mol. The van der Waals surface area contributed by atoms with Crippen LogP contribution in [0.25, 0.3) is 10.9 Å². The molecule has 0 unspecified atom stereocenters. The maximum absolute atomic E-state index is 11.0. The number of benzene rings is 1. The summed E-state index contributed by atoms with van der Waals surface area (Å²) in [5, 5.41) is 61.6. The van der Waals surface area contributed by atoms with Gasteiger partial charge in [0, 0.05) is 11.6 Å². The fourth-order valence-electron chi connectivity index (χ4n) is 2.87. The number of nitrogens with zero attached hydrogens (tertiary/aromatic N) is 1. The lowest BCUT2D eigenvalue weighted by molar-refractivity contribution is -0.351. The van der Waals surface area contributed by atoms with Gasteiger partial charge in [-0.1, -0.05) is 12.1 Å². The minimum atomic E-state index is -2.43. The molecule has 1 aliphatic heterocycles. The van der Waals surface area contributed by atoms with Crippen LogP contribution in [0.3, 0.4) is 0 Å². The van der Waals surface area contributed by atoms with Crippen LogP contribution in [0.5, 0.6) is 5.75 Å². The Morgan fingerprint density at radius 1 is 1.22 bits per heavy atom. The zero-order chi connectivity index (χ0) is 17.0. The quantitative estimate of drug-likeness (QED) is 0.267. The summed E-state index contributed by atoms with van der Waals surface area (Å²) in [6, 6.07) is 6.50. The van der Waals surface area contributed by atoms with Crippen molar-refractivity contribution in [2.45, 2.75) is 27.8 Å². The molecule has 0 amide bonds. The number of halogens is 1. The van der Waals surface area contributed by atoms with Crippen LogP contribution in [0, 0.1) is 0 Å². The number of hydrogen-bond donors (Lipinski definition) is 6. The van der Waals surface area contributed by atoms with E-state index in [-0.39, 0.29) is 5.75 Å². The van der Waals surface area contributed by atoms with E-state index >= 15 is 0 Å². The van der Waals surface area contributed by atoms with Gasteiger partial charge in [-0.25, -0.2) is 0 Å². The topological polar surface area (TPSA) is 136 Å². The summed E-state index contributed by atoms with van der Waals surface area (Å²) >= 11 is 1.56. The minimum absolute atomic E-state index is 0.169. The van der Waals surface area contributed by atoms with Crippen LogP contribution in [-0.2, 0) is 10.5 Å². The van der Waals surface area contributed by atoms with Gasteiger partial charge in [0.15, 0.2) is 16.0 Å². The van der Waals surface area contributed by atoms with Crippen molar-refractivity contribution < 1.29 is 35.4 Å². The molecule has 2 heterocycles. The molecule has 0 spiro atoms. The first-order valence-corrected chi connectivity index (χ1v) is 7.87. The molecule has 2 aromatic rings. The molecule has 1 fully saturated rings. The van der Waals surface area contributed by atoms with Crippen molar-refractivity contribution in [3.63, 3.8) is 0 Å². The monoisotopic (exact) mass is 437 g/mol. The normalized spacial score (nSPS) is 38.1. The number of fused-ring (bicyclic) bond motifs is 1. The van der Waals surface area contributed by atoms with Crippen LogP contribution in [0.1, 0.15) is 0 Å². The summed E-state index contributed by atoms with van der Waals surface area (Å²) in [5.74, 6) is -0.169. The number of hydrogen-bond acceptors (Lipinski definition) is 7. The van der Waals surface area contributed by atoms with Crippen LogP contribution in [0.15, 0.2) is 30.5 Å². The van der Waals surface area contributed by atoms with Crippen molar-refractivity contribution >= 4 is 33.5 Å². The van der Waals surface area contributed by atoms with Crippen molar-refractivity contribution in [3.8, 4) is 5.75 Å². The molecule has 0 saturated carbocycles. The van der Waals surface area contributed by atoms with Gasteiger partial charge >= 0.3 is 0 Å². The Morgan fingerprint density at radius 2 is 1.87 bits per heavy atom. The number of rotatable bonds is 2. The van der Waals surface area contributed by atoms with Gasteiger partial charge in [-0.05, 0) is 34.7 Å². The van der Waals surface area contributed by atoms with Crippen molar-refractivity contribution in [2.24, 2.45) is 0 Å². The van der Waals surface area contributed by atoms with Crippen molar-refractivity contribution in [1.82, 2.24) is 4.57 Å². The van der Waals surface area contributed by atoms with Crippen LogP contribution >= 0.6 is 22.6 Å². The number of alkyl halides is 1. The van der Waals surface area contributed by atoms with E-state index in [1.165, 1.54) is 0 Å². The van der Waals surface area contributed by atoms with Gasteiger partial charge in [0.2, 0.25) is 5.72 Å². The van der Waals surface area contributed by atoms with Crippen LogP contribution in [-0.4, -0.2) is 63.9 Å². The van der Waals surface area contributed by atoms with Gasteiger partial charge in [0.1, 0.15) is 11.9 Å². The van der Waals surface area contributed by atoms with Gasteiger partial charge in [-0.3, -0.25) is 0 Å². The highest BCUT2D eigenvalue weighted by molar-refractivity contribution is 14.1. The van der Waals surface area contributed by atoms with E-state index in [0.717, 1.165) is 10.8 Å². The van der Waals surface area contributed by atoms with E-state index in [9.17, 15) is 30.6 Å². The van der Waals surface area contributed by atoms with Crippen LogP contribution in [0.4, 0.5) is 0 Å². The third-order valence-electron chi connectivity index (χ3n) is 4.13. The van der Waals surface area contributed by atoms with Crippen molar-refractivity contribution in [2.75, 3.05) is 6.61 Å². The Kier molecular flexibility index (Phi) is 4.08. The molecular formula is C14H16INO7. The van der Waals surface area contributed by atoms with Crippen molar-refractivity contribution in [1.29, 1.82) is 0 Å². The Labute approximate surface area is 144 Å². The first-order chi connectivity index (χ1) is 10.8. The SMILES string of the molecule is OC[C@@]1(I)O[C@H](O)[C@H](O)[C@](O)(n2cc(O)c3ccccc32)[C@H]1O. The fraction of sp³-hybridized carbons (Fsp3) is 0.429. The highest BCUT2D eigenvalue weighted by Crippen LogP contribution is 2.45. The lowest BCUT2D eigenvalue weighted by atomic mass is 9.91. The predicted octanol–water partition coefficient (Wildman–Crippen LogP) is -0.814. The molecule has 1 aromatic carbocycles. The van der Waals surface area contributed by atoms with Gasteiger partial charge in [-0.2, -0.15) is 0 Å². The molecule has 1 aliphatic rings. The predicted molar refractivity (Wildman–Crippen MR) is 86.7 cm³/mol. The van der Waals surface area contributed by atoms with Gasteiger partial charge in [0.05, 0.1) is 12.1 Å². The maximum Gasteiger partial charge on any atom is 0.203 e. The van der Waals surface area contributed by atoms with Crippen LogP contribution in [0.2, 0.25) is 0 Å². The highest BCUT2D eigenvalue weighted by Gasteiger charge is 2.62. The molecule has 0 radical (unpaired) electrons. The Balaban J connectivity index is 2.24. The molecule has 6 N–H and O–H groups in total. The molecular weight excluding hydrogens is 421 g/mol. The van der Waals surface area contributed by atoms with Gasteiger partial charge in [0.25, 0.3) is 0 Å². The zero-order valence-electron chi connectivity index (χ0n) is 11.7. The molecule has 5 atom stereocenters. The zero-order valence-corrected chi connectivity index (χ0v) is 13.9. The molecule has 3 rings (SSSR count). The molecule has 0 aliphatic carbocycles. The highest BCUT2D eigenvalue weighted by atomic mass is 127. The Bertz CT molecular complexity index is 737. The lowest BCUT2D eigenvalue weighted by Gasteiger charge is -2.50. The minimum Gasteiger partial charge on any atom is -0.506 e. The second-order valence-electron chi connectivity index (χ2n) is 5.48. The maximum atomic E-state index is 11.0. The summed E-state index contributed by atoms with van der Waals surface area (Å²) in [4.78, 5) is 0. The van der Waals surface area contributed by atoms with E-state index in [2.05, 4.69) is 0 Å². The first-order valence-electron chi connectivity index (χ1n) is 6.79. The Morgan fingerprint density at radius 3 is 2.52 bits per heavy atom. The van der Waals surface area contributed by atoms with Gasteiger partial charge in [-0.15, -0.1) is 0 Å². The summed E-state index contributed by atoms with van der Waals surface area (Å²) in [6.07, 6.45) is -4.42. The number of aromatic hydroxyl groups is 1. The molecule has 8 nitrogen and oxygen atoms in total. The van der Waals surface area contributed by atoms with E-state index in [1.807, 2.05) is 0 Å². The summed E-state index contributed by atoms with van der Waals surface area (Å²) in [6.45, 7) is -0.716. The van der Waals surface area contributed by atoms with E-state index in [4.69, 9.17) is 4.74 Å². The molecule has 126 valence electrons. The molecule has 0 bridgehead atoms. The molecule has 23 heavy (non-hydrogen) atoms. The van der Waals surface area contributed by atoms with Gasteiger partial charge < -0.3 is 39.9 Å². The number of aromatic nitrogens is 1. The van der Waals surface area contributed by atoms with E-state index in [1.54, 1.807) is 46.9 Å². The average Bonchev–Trinajstić information content (AvgIpc) is 2.89. The molecule has 1 aromatic heterocycles. The third-order valence-corrected chi connectivity index (χ3v) is 5.31. The number of para-hydroxylation sites is 1. The van der Waals surface area contributed by atoms with E-state index in [0.29, 0.717) is 10.9 Å². The summed E-state index contributed by atoms with van der Waals surface area (Å²) < 4.78 is 4.37. The van der Waals surface area contributed by atoms with Crippen molar-refractivity contribution in [3.05, 3.63) is 30.5 Å². The standard InChI is InChI=1S/C14H16INO7/c15-13(6-17)12(21)14(22,10(19)11(20)23-13)16-5-9(18)7-3-1-2-4-8(7)16/h1-5,10-12,17-22H,6H2/t10-,11-,12-,13+,14+/m0/s1. The molecule has 9 heteroatoms. The fourth-order valence-corrected chi connectivity index (χ4v) is 3.59. The molecule has 1 saturated heterocycles. The first kappa shape index (κ1) is 16.9. The second-order valence-corrected chi connectivity index (χ2v) is 7.31. The lowest BCUT2D eigenvalue weighted by Crippen LogP contribution is -2.70. The summed E-state index contributed by atoms with van der Waals surface area (Å²) in [5.41, 5.74) is -2.10. The van der Waals surface area contributed by atoms with Crippen LogP contribution < -0.4 is 0 Å². The summed E-state index contributed by atoms with van der Waals surface area (Å²) in [7, 11) is 0. The van der Waals surface area contributed by atoms with E-state index < -0.39 is 34.4 Å². The Hall–Kier alpha value is -0.950. The third kappa shape index (κ3) is 2.27. The second kappa shape index (κ2) is 5.55. The number of aliphatic hydroxyl groups is 5. The largest absolute Gasteiger partial charge is 0.506 e. The number of ether oxygens (including phenoxy) is 1. The number of aliphatic hydroxyl groups excluding tert-OH is 4.